The van der Waals surface area contributed by atoms with Gasteiger partial charge in [-0.3, -0.25) is 0 Å². The third-order valence-electron chi connectivity index (χ3n) is 3.92. The number of esters is 1. The highest BCUT2D eigenvalue weighted by atomic mass is 16.6. The van der Waals surface area contributed by atoms with Crippen LogP contribution in [0.2, 0.25) is 0 Å². The van der Waals surface area contributed by atoms with Gasteiger partial charge < -0.3 is 14.2 Å². The van der Waals surface area contributed by atoms with Crippen LogP contribution in [0.25, 0.3) is 11.1 Å². The number of carbonyl (C=O) groups excluding carboxylic acids is 1. The van der Waals surface area contributed by atoms with Crippen LogP contribution in [0.3, 0.4) is 0 Å². The van der Waals surface area contributed by atoms with Crippen LogP contribution in [0.15, 0.2) is 72.8 Å². The first kappa shape index (κ1) is 19.0. The Hall–Kier alpha value is -3.78. The highest BCUT2D eigenvalue weighted by molar-refractivity contribution is 5.74. The topological polar surface area (TPSA) is 68.6 Å². The first-order valence-corrected chi connectivity index (χ1v) is 8.85. The van der Waals surface area contributed by atoms with Gasteiger partial charge in [-0.25, -0.2) is 4.79 Å². The average molecular weight is 373 g/mol. The third-order valence-corrected chi connectivity index (χ3v) is 3.92. The number of hydrogen-bond donors (Lipinski definition) is 0. The van der Waals surface area contributed by atoms with E-state index >= 15 is 0 Å². The monoisotopic (exact) mass is 373 g/mol. The van der Waals surface area contributed by atoms with Crippen LogP contribution in [0.5, 0.6) is 17.2 Å². The predicted molar refractivity (Wildman–Crippen MR) is 105 cm³/mol. The van der Waals surface area contributed by atoms with Crippen molar-refractivity contribution in [3.05, 3.63) is 78.4 Å². The molecule has 0 unspecified atom stereocenters. The van der Waals surface area contributed by atoms with Gasteiger partial charge in [0.1, 0.15) is 17.2 Å². The van der Waals surface area contributed by atoms with E-state index < -0.39 is 5.97 Å². The quantitative estimate of drug-likeness (QED) is 0.447. The second-order valence-corrected chi connectivity index (χ2v) is 5.88. The number of nitrogens with zero attached hydrogens (tertiary/aromatic N) is 1. The van der Waals surface area contributed by atoms with E-state index in [1.807, 2.05) is 31.2 Å². The molecule has 140 valence electrons. The molecule has 0 aliphatic rings. The number of nitriles is 1. The molecule has 0 aliphatic heterocycles. The van der Waals surface area contributed by atoms with Gasteiger partial charge in [-0.1, -0.05) is 24.3 Å². The molecule has 0 N–H and O–H groups in total. The van der Waals surface area contributed by atoms with E-state index in [9.17, 15) is 4.79 Å². The smallest absolute Gasteiger partial charge is 0.349 e. The minimum Gasteiger partial charge on any atom is -0.494 e. The summed E-state index contributed by atoms with van der Waals surface area (Å²) in [5.74, 6) is 1.27. The molecule has 0 heterocycles. The maximum Gasteiger partial charge on any atom is 0.349 e. The zero-order valence-corrected chi connectivity index (χ0v) is 15.4. The molecule has 3 aromatic carbocycles. The van der Waals surface area contributed by atoms with Crippen molar-refractivity contribution in [2.24, 2.45) is 0 Å². The minimum absolute atomic E-state index is 0.189. The number of rotatable bonds is 7. The fourth-order valence-electron chi connectivity index (χ4n) is 2.55. The Balaban J connectivity index is 1.53. The fraction of sp³-hybridized carbons (Fsp3) is 0.130. The van der Waals surface area contributed by atoms with Crippen molar-refractivity contribution in [1.82, 2.24) is 0 Å². The fourth-order valence-corrected chi connectivity index (χ4v) is 2.55. The lowest BCUT2D eigenvalue weighted by Gasteiger charge is -2.08. The SMILES string of the molecule is CCOc1ccc(OCC(=O)Oc2ccc(-c3ccc(C#N)cc3)cc2)cc1. The summed E-state index contributed by atoms with van der Waals surface area (Å²) in [6.45, 7) is 2.32. The minimum atomic E-state index is -0.486. The molecule has 28 heavy (non-hydrogen) atoms. The van der Waals surface area contributed by atoms with E-state index in [1.54, 1.807) is 48.5 Å². The Morgan fingerprint density at radius 1 is 0.786 bits per heavy atom. The van der Waals surface area contributed by atoms with Crippen molar-refractivity contribution in [3.63, 3.8) is 0 Å². The zero-order chi connectivity index (χ0) is 19.8. The van der Waals surface area contributed by atoms with Crippen LogP contribution in [0.4, 0.5) is 0 Å². The van der Waals surface area contributed by atoms with Crippen LogP contribution >= 0.6 is 0 Å². The zero-order valence-electron chi connectivity index (χ0n) is 15.4. The van der Waals surface area contributed by atoms with E-state index in [2.05, 4.69) is 6.07 Å². The number of benzene rings is 3. The largest absolute Gasteiger partial charge is 0.494 e. The van der Waals surface area contributed by atoms with Gasteiger partial charge in [0.05, 0.1) is 18.2 Å². The third kappa shape index (κ3) is 5.12. The lowest BCUT2D eigenvalue weighted by molar-refractivity contribution is -0.136. The van der Waals surface area contributed by atoms with Crippen LogP contribution in [0.1, 0.15) is 12.5 Å². The van der Waals surface area contributed by atoms with Crippen LogP contribution in [-0.2, 0) is 4.79 Å². The van der Waals surface area contributed by atoms with Crippen molar-refractivity contribution < 1.29 is 19.0 Å². The Bertz CT molecular complexity index is 955. The van der Waals surface area contributed by atoms with Gasteiger partial charge in [0.15, 0.2) is 6.61 Å². The van der Waals surface area contributed by atoms with E-state index in [4.69, 9.17) is 19.5 Å². The van der Waals surface area contributed by atoms with Crippen molar-refractivity contribution in [1.29, 1.82) is 5.26 Å². The summed E-state index contributed by atoms with van der Waals surface area (Å²) < 4.78 is 16.1. The summed E-state index contributed by atoms with van der Waals surface area (Å²) in [5, 5.41) is 8.86. The van der Waals surface area contributed by atoms with Crippen molar-refractivity contribution in [2.75, 3.05) is 13.2 Å². The van der Waals surface area contributed by atoms with Gasteiger partial charge >= 0.3 is 5.97 Å². The summed E-state index contributed by atoms with van der Waals surface area (Å²) in [7, 11) is 0. The van der Waals surface area contributed by atoms with Crippen molar-refractivity contribution in [2.45, 2.75) is 6.92 Å². The number of carbonyl (C=O) groups is 1. The highest BCUT2D eigenvalue weighted by Gasteiger charge is 2.07. The molecular formula is C23H19NO4. The highest BCUT2D eigenvalue weighted by Crippen LogP contribution is 2.23. The van der Waals surface area contributed by atoms with Crippen LogP contribution < -0.4 is 14.2 Å². The molecule has 0 spiro atoms. The van der Waals surface area contributed by atoms with Crippen LogP contribution in [0, 0.1) is 11.3 Å². The van der Waals surface area contributed by atoms with E-state index in [1.165, 1.54) is 0 Å². The van der Waals surface area contributed by atoms with E-state index in [0.717, 1.165) is 16.9 Å². The molecule has 3 rings (SSSR count). The molecule has 0 radical (unpaired) electrons. The van der Waals surface area contributed by atoms with Gasteiger partial charge in [0.2, 0.25) is 0 Å². The molecule has 0 saturated carbocycles. The van der Waals surface area contributed by atoms with Gasteiger partial charge in [-0.05, 0) is 66.6 Å². The second kappa shape index (κ2) is 9.24. The molecule has 5 nitrogen and oxygen atoms in total. The standard InChI is InChI=1S/C23H19NO4/c1-2-26-20-11-13-21(14-12-20)27-16-23(25)28-22-9-7-19(8-10-22)18-5-3-17(15-24)4-6-18/h3-14H,2,16H2,1H3. The molecule has 0 amide bonds. The second-order valence-electron chi connectivity index (χ2n) is 5.88. The number of hydrogen-bond acceptors (Lipinski definition) is 5. The maximum absolute atomic E-state index is 12.0. The Kier molecular flexibility index (Phi) is 6.27. The summed E-state index contributed by atoms with van der Waals surface area (Å²) in [4.78, 5) is 12.0. The average Bonchev–Trinajstić information content (AvgIpc) is 2.74. The Morgan fingerprint density at radius 2 is 1.29 bits per heavy atom. The number of ether oxygens (including phenoxy) is 3. The normalized spacial score (nSPS) is 10.0. The predicted octanol–water partition coefficient (Wildman–Crippen LogP) is 4.61. The van der Waals surface area contributed by atoms with Gasteiger partial charge in [-0.15, -0.1) is 0 Å². The van der Waals surface area contributed by atoms with Gasteiger partial charge in [0.25, 0.3) is 0 Å². The Morgan fingerprint density at radius 3 is 1.82 bits per heavy atom. The summed E-state index contributed by atoms with van der Waals surface area (Å²) in [5.41, 5.74) is 2.56. The molecule has 0 atom stereocenters. The molecule has 0 fully saturated rings. The molecule has 0 saturated heterocycles. The van der Waals surface area contributed by atoms with E-state index in [-0.39, 0.29) is 6.61 Å². The molecule has 0 aromatic heterocycles. The first-order valence-electron chi connectivity index (χ1n) is 8.85. The summed E-state index contributed by atoms with van der Waals surface area (Å²) in [6.07, 6.45) is 0. The van der Waals surface area contributed by atoms with E-state index in [0.29, 0.717) is 23.7 Å². The van der Waals surface area contributed by atoms with Gasteiger partial charge in [0, 0.05) is 0 Å². The lowest BCUT2D eigenvalue weighted by atomic mass is 10.0. The molecule has 0 bridgehead atoms. The lowest BCUT2D eigenvalue weighted by Crippen LogP contribution is -2.17. The molecule has 5 heteroatoms. The summed E-state index contributed by atoms with van der Waals surface area (Å²) >= 11 is 0. The molecule has 3 aromatic rings. The van der Waals surface area contributed by atoms with Crippen molar-refractivity contribution in [3.8, 4) is 34.4 Å². The molecule has 0 aliphatic carbocycles. The first-order chi connectivity index (χ1) is 13.7. The van der Waals surface area contributed by atoms with Crippen LogP contribution in [-0.4, -0.2) is 19.2 Å². The van der Waals surface area contributed by atoms with Gasteiger partial charge in [-0.2, -0.15) is 5.26 Å². The molecular weight excluding hydrogens is 354 g/mol. The van der Waals surface area contributed by atoms with Crippen molar-refractivity contribution >= 4 is 5.97 Å². The summed E-state index contributed by atoms with van der Waals surface area (Å²) in [6, 6.07) is 23.6. The Labute approximate surface area is 163 Å². The maximum atomic E-state index is 12.0.